The van der Waals surface area contributed by atoms with Crippen LogP contribution in [0, 0.1) is 17.7 Å². The molecule has 1 aliphatic heterocycles. The molecule has 0 radical (unpaired) electrons. The maximum Gasteiger partial charge on any atom is 0.237 e. The van der Waals surface area contributed by atoms with E-state index in [9.17, 15) is 14.0 Å². The summed E-state index contributed by atoms with van der Waals surface area (Å²) in [6.07, 6.45) is 1.22. The van der Waals surface area contributed by atoms with Crippen LogP contribution in [-0.2, 0) is 9.59 Å². The predicted octanol–water partition coefficient (Wildman–Crippen LogP) is 3.45. The minimum atomic E-state index is -0.665. The van der Waals surface area contributed by atoms with Crippen LogP contribution in [-0.4, -0.2) is 18.2 Å². The number of benzene rings is 1. The summed E-state index contributed by atoms with van der Waals surface area (Å²) >= 11 is 5.86. The van der Waals surface area contributed by atoms with Crippen molar-refractivity contribution in [2.75, 3.05) is 11.4 Å². The van der Waals surface area contributed by atoms with Gasteiger partial charge in [-0.15, -0.1) is 0 Å². The van der Waals surface area contributed by atoms with Gasteiger partial charge in [0.05, 0.1) is 11.6 Å². The zero-order chi connectivity index (χ0) is 14.9. The van der Waals surface area contributed by atoms with Gasteiger partial charge < -0.3 is 4.90 Å². The number of carbonyl (C=O) groups excluding carboxylic acids is 2. The lowest BCUT2D eigenvalue weighted by atomic mass is 9.87. The van der Waals surface area contributed by atoms with Crippen LogP contribution in [0.25, 0.3) is 0 Å². The summed E-state index contributed by atoms with van der Waals surface area (Å²) in [6, 6.07) is 4.10. The van der Waals surface area contributed by atoms with E-state index < -0.39 is 11.7 Å². The molecule has 0 N–H and O–H groups in total. The summed E-state index contributed by atoms with van der Waals surface area (Å²) < 4.78 is 13.9. The molecular formula is C15H17ClFNO2. The highest BCUT2D eigenvalue weighted by molar-refractivity contribution is 6.31. The first-order valence-electron chi connectivity index (χ1n) is 6.72. The standard InChI is InChI=1S/C15H17ClFNO2/c1-9(2)14(19)11-4-3-7-18(15(11)20)13-8-10(16)5-6-12(13)17/h5-6,8-9,11H,3-4,7H2,1-2H3/t11-/m0/s1. The molecule has 1 heterocycles. The average Bonchev–Trinajstić information content (AvgIpc) is 2.41. The lowest BCUT2D eigenvalue weighted by molar-refractivity contribution is -0.135. The highest BCUT2D eigenvalue weighted by Gasteiger charge is 2.36. The van der Waals surface area contributed by atoms with Gasteiger partial charge in [0.15, 0.2) is 0 Å². The number of ketones is 1. The Morgan fingerprint density at radius 2 is 2.15 bits per heavy atom. The second-order valence-corrected chi connectivity index (χ2v) is 5.77. The Bertz CT molecular complexity index is 545. The number of rotatable bonds is 3. The van der Waals surface area contributed by atoms with Gasteiger partial charge in [-0.2, -0.15) is 0 Å². The molecule has 0 unspecified atom stereocenters. The third-order valence-electron chi connectivity index (χ3n) is 3.55. The number of amides is 1. The maximum atomic E-state index is 13.9. The topological polar surface area (TPSA) is 37.4 Å². The zero-order valence-electron chi connectivity index (χ0n) is 11.5. The van der Waals surface area contributed by atoms with Gasteiger partial charge in [0.25, 0.3) is 0 Å². The van der Waals surface area contributed by atoms with E-state index in [0.717, 1.165) is 0 Å². The molecule has 0 spiro atoms. The minimum absolute atomic E-state index is 0.0814. The third-order valence-corrected chi connectivity index (χ3v) is 3.79. The Labute approximate surface area is 122 Å². The second kappa shape index (κ2) is 5.92. The molecule has 0 aromatic heterocycles. The van der Waals surface area contributed by atoms with Crippen molar-refractivity contribution in [3.8, 4) is 0 Å². The summed E-state index contributed by atoms with van der Waals surface area (Å²) in [5.41, 5.74) is 0.156. The molecule has 5 heteroatoms. The molecule has 1 saturated heterocycles. The summed E-state index contributed by atoms with van der Waals surface area (Å²) in [7, 11) is 0. The van der Waals surface area contributed by atoms with Gasteiger partial charge in [-0.1, -0.05) is 25.4 Å². The summed E-state index contributed by atoms with van der Waals surface area (Å²) in [5.74, 6) is -1.77. The van der Waals surface area contributed by atoms with Gasteiger partial charge in [0.2, 0.25) is 5.91 Å². The van der Waals surface area contributed by atoms with Gasteiger partial charge in [-0.3, -0.25) is 9.59 Å². The molecular weight excluding hydrogens is 281 g/mol. The van der Waals surface area contributed by atoms with Crippen molar-refractivity contribution in [2.24, 2.45) is 11.8 Å². The molecule has 108 valence electrons. The van der Waals surface area contributed by atoms with E-state index in [1.807, 2.05) is 0 Å². The van der Waals surface area contributed by atoms with Gasteiger partial charge in [0.1, 0.15) is 11.6 Å². The van der Waals surface area contributed by atoms with Crippen molar-refractivity contribution in [1.82, 2.24) is 0 Å². The fourth-order valence-electron chi connectivity index (χ4n) is 2.47. The first kappa shape index (κ1) is 15.0. The van der Waals surface area contributed by atoms with Crippen LogP contribution in [0.1, 0.15) is 26.7 Å². The van der Waals surface area contributed by atoms with Crippen LogP contribution in [0.4, 0.5) is 10.1 Å². The number of nitrogens with zero attached hydrogens (tertiary/aromatic N) is 1. The maximum absolute atomic E-state index is 13.9. The Morgan fingerprint density at radius 3 is 2.80 bits per heavy atom. The first-order valence-corrected chi connectivity index (χ1v) is 7.09. The quantitative estimate of drug-likeness (QED) is 0.801. The summed E-state index contributed by atoms with van der Waals surface area (Å²) in [6.45, 7) is 3.96. The lowest BCUT2D eigenvalue weighted by Crippen LogP contribution is -2.45. The number of hydrogen-bond donors (Lipinski definition) is 0. The Kier molecular flexibility index (Phi) is 4.43. The van der Waals surface area contributed by atoms with E-state index in [-0.39, 0.29) is 23.3 Å². The molecule has 1 fully saturated rings. The smallest absolute Gasteiger partial charge is 0.237 e. The van der Waals surface area contributed by atoms with Crippen LogP contribution in [0.2, 0.25) is 5.02 Å². The molecule has 2 rings (SSSR count). The largest absolute Gasteiger partial charge is 0.309 e. The number of piperidine rings is 1. The third kappa shape index (κ3) is 2.85. The molecule has 0 saturated carbocycles. The van der Waals surface area contributed by atoms with Crippen LogP contribution in [0.15, 0.2) is 18.2 Å². The molecule has 0 aliphatic carbocycles. The molecule has 1 aliphatic rings. The van der Waals surface area contributed by atoms with Crippen molar-refractivity contribution in [1.29, 1.82) is 0 Å². The minimum Gasteiger partial charge on any atom is -0.309 e. The number of hydrogen-bond acceptors (Lipinski definition) is 2. The average molecular weight is 298 g/mol. The molecule has 1 aromatic carbocycles. The molecule has 20 heavy (non-hydrogen) atoms. The predicted molar refractivity (Wildman–Crippen MR) is 76.3 cm³/mol. The van der Waals surface area contributed by atoms with Gasteiger partial charge in [-0.25, -0.2) is 4.39 Å². The van der Waals surface area contributed by atoms with E-state index in [0.29, 0.717) is 24.4 Å². The molecule has 1 atom stereocenters. The Hall–Kier alpha value is -1.42. The van der Waals surface area contributed by atoms with Crippen molar-refractivity contribution >= 4 is 29.0 Å². The SMILES string of the molecule is CC(C)C(=O)[C@@H]1CCCN(c2cc(Cl)ccc2F)C1=O. The molecule has 3 nitrogen and oxygen atoms in total. The highest BCUT2D eigenvalue weighted by Crippen LogP contribution is 2.30. The van der Waals surface area contributed by atoms with Crippen LogP contribution in [0.3, 0.4) is 0 Å². The molecule has 1 aromatic rings. The normalized spacial score (nSPS) is 19.6. The van der Waals surface area contributed by atoms with Gasteiger partial charge >= 0.3 is 0 Å². The van der Waals surface area contributed by atoms with Gasteiger partial charge in [-0.05, 0) is 31.0 Å². The number of carbonyl (C=O) groups is 2. The fourth-order valence-corrected chi connectivity index (χ4v) is 2.64. The van der Waals surface area contributed by atoms with Crippen molar-refractivity contribution in [3.05, 3.63) is 29.0 Å². The van der Waals surface area contributed by atoms with Crippen LogP contribution >= 0.6 is 11.6 Å². The van der Waals surface area contributed by atoms with Crippen molar-refractivity contribution < 1.29 is 14.0 Å². The van der Waals surface area contributed by atoms with E-state index >= 15 is 0 Å². The molecule has 1 amide bonds. The fraction of sp³-hybridized carbons (Fsp3) is 0.467. The van der Waals surface area contributed by atoms with E-state index in [1.165, 1.54) is 23.1 Å². The zero-order valence-corrected chi connectivity index (χ0v) is 12.3. The highest BCUT2D eigenvalue weighted by atomic mass is 35.5. The van der Waals surface area contributed by atoms with Crippen molar-refractivity contribution in [2.45, 2.75) is 26.7 Å². The number of halogens is 2. The lowest BCUT2D eigenvalue weighted by Gasteiger charge is -2.32. The Balaban J connectivity index is 2.31. The van der Waals surface area contributed by atoms with Gasteiger partial charge in [0, 0.05) is 17.5 Å². The van der Waals surface area contributed by atoms with E-state index in [2.05, 4.69) is 0 Å². The van der Waals surface area contributed by atoms with E-state index in [4.69, 9.17) is 11.6 Å². The van der Waals surface area contributed by atoms with E-state index in [1.54, 1.807) is 13.8 Å². The number of anilines is 1. The Morgan fingerprint density at radius 1 is 1.45 bits per heavy atom. The summed E-state index contributed by atoms with van der Waals surface area (Å²) in [5, 5.41) is 0.367. The number of Topliss-reactive ketones (excluding diaryl/α,β-unsaturated/α-hetero) is 1. The van der Waals surface area contributed by atoms with Crippen molar-refractivity contribution in [3.63, 3.8) is 0 Å². The molecule has 0 bridgehead atoms. The van der Waals surface area contributed by atoms with Crippen LogP contribution < -0.4 is 4.90 Å². The first-order chi connectivity index (χ1) is 9.41. The monoisotopic (exact) mass is 297 g/mol. The van der Waals surface area contributed by atoms with Crippen LogP contribution in [0.5, 0.6) is 0 Å². The summed E-state index contributed by atoms with van der Waals surface area (Å²) in [4.78, 5) is 25.8. The second-order valence-electron chi connectivity index (χ2n) is 5.34.